The smallest absolute Gasteiger partial charge is 0.356 e. The number of hydrogen-bond donors (Lipinski definition) is 2. The van der Waals surface area contributed by atoms with Crippen LogP contribution in [0.4, 0.5) is 21.6 Å². The highest BCUT2D eigenvalue weighted by Gasteiger charge is 2.33. The number of benzene rings is 1. The number of halogens is 1. The fraction of sp³-hybridized carbons (Fsp3) is 0.517. The van der Waals surface area contributed by atoms with Crippen LogP contribution in [0.15, 0.2) is 30.3 Å². The number of nitrogens with zero attached hydrogens (tertiary/aromatic N) is 4. The van der Waals surface area contributed by atoms with E-state index in [0.717, 1.165) is 77.1 Å². The quantitative estimate of drug-likeness (QED) is 0.407. The van der Waals surface area contributed by atoms with Crippen LogP contribution in [-0.4, -0.2) is 84.8 Å². The Morgan fingerprint density at radius 1 is 1.03 bits per heavy atom. The summed E-state index contributed by atoms with van der Waals surface area (Å²) in [5.41, 5.74) is 2.83. The molecule has 2 aromatic rings. The molecular formula is C29H37FN6O3. The summed E-state index contributed by atoms with van der Waals surface area (Å²) in [6.45, 7) is 6.49. The van der Waals surface area contributed by atoms with E-state index in [2.05, 4.69) is 20.1 Å². The van der Waals surface area contributed by atoms with Crippen LogP contribution < -0.4 is 10.2 Å². The van der Waals surface area contributed by atoms with Crippen molar-refractivity contribution in [1.29, 1.82) is 5.41 Å². The number of carbonyl (C=O) groups is 2. The van der Waals surface area contributed by atoms with Crippen LogP contribution in [0.1, 0.15) is 55.1 Å². The predicted octanol–water partition coefficient (Wildman–Crippen LogP) is 4.05. The number of anilines is 3. The third-order valence-corrected chi connectivity index (χ3v) is 8.36. The zero-order valence-corrected chi connectivity index (χ0v) is 22.7. The minimum atomic E-state index is -0.543. The Kier molecular flexibility index (Phi) is 8.11. The Morgan fingerprint density at radius 3 is 2.26 bits per heavy atom. The lowest BCUT2D eigenvalue weighted by Gasteiger charge is -2.43. The lowest BCUT2D eigenvalue weighted by Crippen LogP contribution is -2.54. The van der Waals surface area contributed by atoms with Crippen molar-refractivity contribution in [1.82, 2.24) is 14.8 Å². The first-order chi connectivity index (χ1) is 18.8. The SMILES string of the molecule is COC(=O)c1cc(N2CCC(N3CCN(C(C)=O)CC3)CC2)c(C(=N)C2CCC2)c(Nc2ccc(F)cc2)n1. The number of ether oxygens (including phenoxy) is 1. The largest absolute Gasteiger partial charge is 0.464 e. The highest BCUT2D eigenvalue weighted by atomic mass is 19.1. The summed E-state index contributed by atoms with van der Waals surface area (Å²) in [6.07, 6.45) is 4.92. The number of amides is 1. The highest BCUT2D eigenvalue weighted by molar-refractivity contribution is 6.10. The van der Waals surface area contributed by atoms with E-state index in [0.29, 0.717) is 28.8 Å². The number of aromatic nitrogens is 1. The predicted molar refractivity (Wildman–Crippen MR) is 148 cm³/mol. The van der Waals surface area contributed by atoms with Gasteiger partial charge in [-0.15, -0.1) is 0 Å². The molecule has 1 aromatic heterocycles. The summed E-state index contributed by atoms with van der Waals surface area (Å²) in [4.78, 5) is 35.6. The number of carbonyl (C=O) groups excluding carboxylic acids is 2. The van der Waals surface area contributed by atoms with E-state index in [4.69, 9.17) is 10.1 Å². The first kappa shape index (κ1) is 27.1. The van der Waals surface area contributed by atoms with Gasteiger partial charge in [0.1, 0.15) is 11.6 Å². The molecule has 0 unspecified atom stereocenters. The van der Waals surface area contributed by atoms with Crippen molar-refractivity contribution in [3.8, 4) is 0 Å². The molecule has 208 valence electrons. The van der Waals surface area contributed by atoms with Gasteiger partial charge in [0.15, 0.2) is 5.69 Å². The average Bonchev–Trinajstić information content (AvgIpc) is 2.92. The van der Waals surface area contributed by atoms with Crippen molar-refractivity contribution in [2.24, 2.45) is 5.92 Å². The topological polar surface area (TPSA) is 102 Å². The van der Waals surface area contributed by atoms with E-state index in [1.807, 2.05) is 4.90 Å². The normalized spacial score (nSPS) is 18.9. The number of piperazine rings is 1. The zero-order chi connectivity index (χ0) is 27.5. The summed E-state index contributed by atoms with van der Waals surface area (Å²) in [6, 6.07) is 8.17. The number of rotatable bonds is 7. The number of hydrogen-bond acceptors (Lipinski definition) is 8. The van der Waals surface area contributed by atoms with Gasteiger partial charge < -0.3 is 25.3 Å². The van der Waals surface area contributed by atoms with E-state index in [-0.39, 0.29) is 23.3 Å². The van der Waals surface area contributed by atoms with Gasteiger partial charge in [0.2, 0.25) is 5.91 Å². The van der Waals surface area contributed by atoms with Crippen molar-refractivity contribution < 1.29 is 18.7 Å². The van der Waals surface area contributed by atoms with E-state index < -0.39 is 5.97 Å². The molecule has 0 bridgehead atoms. The summed E-state index contributed by atoms with van der Waals surface area (Å²) in [7, 11) is 1.33. The van der Waals surface area contributed by atoms with Gasteiger partial charge >= 0.3 is 5.97 Å². The first-order valence-electron chi connectivity index (χ1n) is 13.8. The molecule has 3 aliphatic rings. The van der Waals surface area contributed by atoms with E-state index in [9.17, 15) is 14.0 Å². The van der Waals surface area contributed by atoms with Crippen LogP contribution in [-0.2, 0) is 9.53 Å². The van der Waals surface area contributed by atoms with E-state index in [1.165, 1.54) is 19.2 Å². The maximum Gasteiger partial charge on any atom is 0.356 e. The molecule has 2 saturated heterocycles. The summed E-state index contributed by atoms with van der Waals surface area (Å²) >= 11 is 0. The summed E-state index contributed by atoms with van der Waals surface area (Å²) < 4.78 is 18.6. The third-order valence-electron chi connectivity index (χ3n) is 8.36. The molecule has 3 fully saturated rings. The van der Waals surface area contributed by atoms with Gasteiger partial charge in [-0.25, -0.2) is 14.2 Å². The number of methoxy groups -OCH3 is 1. The standard InChI is InChI=1S/C29H37FN6O3/c1-19(37)34-14-16-35(17-15-34)23-10-12-36(13-11-23)25-18-24(29(38)39-2)33-28(26(25)27(31)20-4-3-5-20)32-22-8-6-21(30)7-9-22/h6-9,18,20,23,31H,3-5,10-17H2,1-2H3,(H,32,33). The second kappa shape index (κ2) is 11.7. The Hall–Kier alpha value is -3.53. The minimum absolute atomic E-state index is 0.134. The van der Waals surface area contributed by atoms with E-state index in [1.54, 1.807) is 25.1 Å². The van der Waals surface area contributed by atoms with Crippen LogP contribution in [0.5, 0.6) is 0 Å². The molecule has 1 aromatic carbocycles. The van der Waals surface area contributed by atoms with Gasteiger partial charge in [0, 0.05) is 69.6 Å². The van der Waals surface area contributed by atoms with Crippen molar-refractivity contribution in [2.45, 2.75) is 45.1 Å². The van der Waals surface area contributed by atoms with Gasteiger partial charge in [0.05, 0.1) is 18.4 Å². The van der Waals surface area contributed by atoms with Crippen LogP contribution in [0.2, 0.25) is 0 Å². The second-order valence-corrected chi connectivity index (χ2v) is 10.7. The van der Waals surface area contributed by atoms with Crippen molar-refractivity contribution in [3.63, 3.8) is 0 Å². The lowest BCUT2D eigenvalue weighted by atomic mass is 9.79. The second-order valence-electron chi connectivity index (χ2n) is 10.7. The average molecular weight is 537 g/mol. The Balaban J connectivity index is 1.43. The van der Waals surface area contributed by atoms with Gasteiger partial charge in [-0.2, -0.15) is 0 Å². The van der Waals surface area contributed by atoms with Crippen molar-refractivity contribution >= 4 is 34.8 Å². The molecule has 1 aliphatic carbocycles. The Morgan fingerprint density at radius 2 is 1.69 bits per heavy atom. The fourth-order valence-corrected chi connectivity index (χ4v) is 5.79. The van der Waals surface area contributed by atoms with E-state index >= 15 is 0 Å². The molecule has 5 rings (SSSR count). The van der Waals surface area contributed by atoms with Gasteiger partial charge in [0.25, 0.3) is 0 Å². The van der Waals surface area contributed by atoms with Crippen LogP contribution >= 0.6 is 0 Å². The van der Waals surface area contributed by atoms with Gasteiger partial charge in [-0.3, -0.25) is 9.69 Å². The van der Waals surface area contributed by atoms with Gasteiger partial charge in [-0.1, -0.05) is 6.42 Å². The molecular weight excluding hydrogens is 499 g/mol. The zero-order valence-electron chi connectivity index (χ0n) is 22.7. The van der Waals surface area contributed by atoms with Crippen molar-refractivity contribution in [2.75, 3.05) is 56.6 Å². The number of pyridine rings is 1. The molecule has 1 saturated carbocycles. The van der Waals surface area contributed by atoms with Gasteiger partial charge in [-0.05, 0) is 56.0 Å². The number of esters is 1. The maximum atomic E-state index is 13.6. The highest BCUT2D eigenvalue weighted by Crippen LogP contribution is 2.38. The Labute approximate surface area is 228 Å². The molecule has 0 atom stereocenters. The molecule has 9 nitrogen and oxygen atoms in total. The lowest BCUT2D eigenvalue weighted by molar-refractivity contribution is -0.130. The maximum absolute atomic E-state index is 13.6. The molecule has 3 heterocycles. The van der Waals surface area contributed by atoms with Crippen LogP contribution in [0.25, 0.3) is 0 Å². The van der Waals surface area contributed by atoms with Crippen molar-refractivity contribution in [3.05, 3.63) is 47.4 Å². The molecule has 2 N–H and O–H groups in total. The first-order valence-corrected chi connectivity index (χ1v) is 13.8. The molecule has 1 amide bonds. The van der Waals surface area contributed by atoms with Crippen LogP contribution in [0.3, 0.4) is 0 Å². The van der Waals surface area contributed by atoms with Crippen LogP contribution in [0, 0.1) is 17.1 Å². The molecule has 10 heteroatoms. The molecule has 2 aliphatic heterocycles. The minimum Gasteiger partial charge on any atom is -0.464 e. The summed E-state index contributed by atoms with van der Waals surface area (Å²) in [5, 5.41) is 12.4. The molecule has 0 radical (unpaired) electrons. The number of piperidine rings is 1. The molecule has 0 spiro atoms. The molecule has 39 heavy (non-hydrogen) atoms. The number of nitrogens with one attached hydrogen (secondary N) is 2. The third kappa shape index (κ3) is 5.90. The summed E-state index contributed by atoms with van der Waals surface area (Å²) in [5.74, 6) is -0.184. The Bertz CT molecular complexity index is 1220. The fourth-order valence-electron chi connectivity index (χ4n) is 5.79. The monoisotopic (exact) mass is 536 g/mol.